The van der Waals surface area contributed by atoms with Gasteiger partial charge in [0, 0.05) is 12.1 Å². The summed E-state index contributed by atoms with van der Waals surface area (Å²) in [5.74, 6) is -0.0410. The highest BCUT2D eigenvalue weighted by atomic mass is 32.2. The lowest BCUT2D eigenvalue weighted by Gasteiger charge is -2.14. The molecule has 10 nitrogen and oxygen atoms in total. The van der Waals surface area contributed by atoms with Crippen LogP contribution < -0.4 is 10.1 Å². The van der Waals surface area contributed by atoms with Crippen molar-refractivity contribution in [3.05, 3.63) is 57.6 Å². The number of aromatic nitrogens is 4. The molecule has 0 spiro atoms. The van der Waals surface area contributed by atoms with Crippen LogP contribution in [-0.4, -0.2) is 43.4 Å². The number of nitrogens with zero attached hydrogens (tertiary/aromatic N) is 5. The third kappa shape index (κ3) is 4.40. The Hall–Kier alpha value is -3.47. The second-order valence-corrected chi connectivity index (χ2v) is 7.79. The van der Waals surface area contributed by atoms with Gasteiger partial charge in [0.15, 0.2) is 0 Å². The SMILES string of the molecule is COc1ccc([N+](=O)[O-])cc1NC(=O)C(C)Sc1nnnn1-c1cccc(C)c1C. The van der Waals surface area contributed by atoms with Crippen molar-refractivity contribution in [3.8, 4) is 11.4 Å². The van der Waals surface area contributed by atoms with Gasteiger partial charge < -0.3 is 10.1 Å². The van der Waals surface area contributed by atoms with Crippen LogP contribution in [0.3, 0.4) is 0 Å². The van der Waals surface area contributed by atoms with Crippen LogP contribution in [0.25, 0.3) is 5.69 Å². The Morgan fingerprint density at radius 2 is 2.07 bits per heavy atom. The predicted octanol–water partition coefficient (Wildman–Crippen LogP) is 3.32. The van der Waals surface area contributed by atoms with Crippen LogP contribution in [0.2, 0.25) is 0 Å². The van der Waals surface area contributed by atoms with E-state index in [0.717, 1.165) is 16.8 Å². The number of aryl methyl sites for hydroxylation is 1. The zero-order valence-corrected chi connectivity index (χ0v) is 17.6. The third-order valence-corrected chi connectivity index (χ3v) is 5.58. The van der Waals surface area contributed by atoms with Crippen molar-refractivity contribution in [2.24, 2.45) is 0 Å². The number of hydrogen-bond donors (Lipinski definition) is 1. The van der Waals surface area contributed by atoms with Gasteiger partial charge in [0.05, 0.1) is 28.7 Å². The lowest BCUT2D eigenvalue weighted by Crippen LogP contribution is -2.23. The lowest BCUT2D eigenvalue weighted by molar-refractivity contribution is -0.384. The molecular weight excluding hydrogens is 408 g/mol. The molecular formula is C19H20N6O4S. The highest BCUT2D eigenvalue weighted by molar-refractivity contribution is 8.00. The van der Waals surface area contributed by atoms with Gasteiger partial charge in [-0.15, -0.1) is 5.10 Å². The van der Waals surface area contributed by atoms with E-state index in [9.17, 15) is 14.9 Å². The van der Waals surface area contributed by atoms with Crippen LogP contribution >= 0.6 is 11.8 Å². The molecule has 156 valence electrons. The number of thioether (sulfide) groups is 1. The summed E-state index contributed by atoms with van der Waals surface area (Å²) in [4.78, 5) is 23.2. The third-order valence-electron chi connectivity index (χ3n) is 4.55. The maximum Gasteiger partial charge on any atom is 0.271 e. The molecule has 0 saturated carbocycles. The number of benzene rings is 2. The molecule has 0 saturated heterocycles. The molecule has 2 aromatic carbocycles. The first-order valence-electron chi connectivity index (χ1n) is 8.96. The average Bonchev–Trinajstić information content (AvgIpc) is 3.17. The van der Waals surface area contributed by atoms with E-state index in [4.69, 9.17) is 4.74 Å². The largest absolute Gasteiger partial charge is 0.495 e. The number of ether oxygens (including phenoxy) is 1. The topological polar surface area (TPSA) is 125 Å². The minimum Gasteiger partial charge on any atom is -0.495 e. The van der Waals surface area contributed by atoms with Crippen LogP contribution in [-0.2, 0) is 4.79 Å². The minimum absolute atomic E-state index is 0.148. The molecule has 0 bridgehead atoms. The molecule has 0 radical (unpaired) electrons. The van der Waals surface area contributed by atoms with Gasteiger partial charge in [0.2, 0.25) is 11.1 Å². The molecule has 0 aliphatic rings. The number of nitro groups is 1. The Bertz CT molecular complexity index is 1100. The normalized spacial score (nSPS) is 11.7. The minimum atomic E-state index is -0.580. The summed E-state index contributed by atoms with van der Waals surface area (Å²) < 4.78 is 6.78. The van der Waals surface area contributed by atoms with Crippen molar-refractivity contribution in [3.63, 3.8) is 0 Å². The first kappa shape index (κ1) is 21.2. The van der Waals surface area contributed by atoms with E-state index in [1.165, 1.54) is 37.1 Å². The van der Waals surface area contributed by atoms with E-state index < -0.39 is 10.2 Å². The molecule has 3 aromatic rings. The van der Waals surface area contributed by atoms with Gasteiger partial charge in [-0.25, -0.2) is 0 Å². The highest BCUT2D eigenvalue weighted by Gasteiger charge is 2.22. The number of methoxy groups -OCH3 is 1. The first-order valence-corrected chi connectivity index (χ1v) is 9.84. The van der Waals surface area contributed by atoms with Crippen molar-refractivity contribution in [1.82, 2.24) is 20.2 Å². The number of amides is 1. The molecule has 1 atom stereocenters. The summed E-state index contributed by atoms with van der Waals surface area (Å²) in [5, 5.41) is 25.4. The summed E-state index contributed by atoms with van der Waals surface area (Å²) >= 11 is 1.18. The Morgan fingerprint density at radius 3 is 2.77 bits per heavy atom. The average molecular weight is 428 g/mol. The van der Waals surface area contributed by atoms with Crippen molar-refractivity contribution < 1.29 is 14.5 Å². The van der Waals surface area contributed by atoms with Gasteiger partial charge in [-0.3, -0.25) is 14.9 Å². The number of hydrogen-bond acceptors (Lipinski definition) is 8. The summed E-state index contributed by atoms with van der Waals surface area (Å²) in [6.45, 7) is 5.68. The van der Waals surface area contributed by atoms with E-state index in [1.54, 1.807) is 11.6 Å². The maximum atomic E-state index is 12.7. The Morgan fingerprint density at radius 1 is 1.30 bits per heavy atom. The first-order chi connectivity index (χ1) is 14.3. The zero-order chi connectivity index (χ0) is 21.8. The molecule has 11 heteroatoms. The quantitative estimate of drug-likeness (QED) is 0.345. The number of nitro benzene ring substituents is 1. The Kier molecular flexibility index (Phi) is 6.31. The molecule has 0 aliphatic carbocycles. The number of carbonyl (C=O) groups is 1. The number of tetrazole rings is 1. The molecule has 1 heterocycles. The summed E-state index contributed by atoms with van der Waals surface area (Å²) in [6.07, 6.45) is 0. The van der Waals surface area contributed by atoms with Crippen molar-refractivity contribution >= 4 is 29.0 Å². The number of carbonyl (C=O) groups excluding carboxylic acids is 1. The number of nitrogens with one attached hydrogen (secondary N) is 1. The van der Waals surface area contributed by atoms with Gasteiger partial charge in [-0.2, -0.15) is 4.68 Å². The summed E-state index contributed by atoms with van der Waals surface area (Å²) in [6, 6.07) is 9.82. The van der Waals surface area contributed by atoms with E-state index in [0.29, 0.717) is 10.9 Å². The number of anilines is 1. The fourth-order valence-corrected chi connectivity index (χ4v) is 3.52. The van der Waals surface area contributed by atoms with Gasteiger partial charge in [0.1, 0.15) is 5.75 Å². The van der Waals surface area contributed by atoms with Crippen LogP contribution in [0.15, 0.2) is 41.6 Å². The molecule has 1 aromatic heterocycles. The fourth-order valence-electron chi connectivity index (χ4n) is 2.72. The molecule has 1 unspecified atom stereocenters. The van der Waals surface area contributed by atoms with Crippen molar-refractivity contribution in [2.75, 3.05) is 12.4 Å². The van der Waals surface area contributed by atoms with Crippen LogP contribution in [0.5, 0.6) is 5.75 Å². The van der Waals surface area contributed by atoms with Crippen LogP contribution in [0.1, 0.15) is 18.1 Å². The molecule has 1 N–H and O–H groups in total. The van der Waals surface area contributed by atoms with Crippen molar-refractivity contribution in [2.45, 2.75) is 31.2 Å². The lowest BCUT2D eigenvalue weighted by atomic mass is 10.1. The zero-order valence-electron chi connectivity index (χ0n) is 16.8. The van der Waals surface area contributed by atoms with E-state index in [1.807, 2.05) is 32.0 Å². The molecule has 0 fully saturated rings. The van der Waals surface area contributed by atoms with E-state index >= 15 is 0 Å². The van der Waals surface area contributed by atoms with E-state index in [-0.39, 0.29) is 17.3 Å². The standard InChI is InChI=1S/C19H20N6O4S/c1-11-6-5-7-16(12(11)2)24-19(21-22-23-24)30-13(3)18(26)20-15-10-14(25(27)28)8-9-17(15)29-4/h5-10,13H,1-4H3,(H,20,26). The van der Waals surface area contributed by atoms with E-state index in [2.05, 4.69) is 20.8 Å². The second kappa shape index (κ2) is 8.91. The molecule has 1 amide bonds. The molecule has 3 rings (SSSR count). The Balaban J connectivity index is 1.80. The van der Waals surface area contributed by atoms with Gasteiger partial charge >= 0.3 is 0 Å². The van der Waals surface area contributed by atoms with Gasteiger partial charge in [-0.05, 0) is 54.5 Å². The van der Waals surface area contributed by atoms with Gasteiger partial charge in [0.25, 0.3) is 5.69 Å². The van der Waals surface area contributed by atoms with Crippen LogP contribution in [0.4, 0.5) is 11.4 Å². The monoisotopic (exact) mass is 428 g/mol. The smallest absolute Gasteiger partial charge is 0.271 e. The summed E-state index contributed by atoms with van der Waals surface area (Å²) in [5.41, 5.74) is 3.03. The fraction of sp³-hybridized carbons (Fsp3) is 0.263. The number of non-ortho nitro benzene ring substituents is 1. The Labute approximate surface area is 176 Å². The van der Waals surface area contributed by atoms with Crippen LogP contribution in [0, 0.1) is 24.0 Å². The van der Waals surface area contributed by atoms with Gasteiger partial charge in [-0.1, -0.05) is 23.9 Å². The molecule has 30 heavy (non-hydrogen) atoms. The predicted molar refractivity (Wildman–Crippen MR) is 112 cm³/mol. The second-order valence-electron chi connectivity index (χ2n) is 6.48. The van der Waals surface area contributed by atoms with Crippen molar-refractivity contribution in [1.29, 1.82) is 0 Å². The number of rotatable bonds is 7. The summed E-state index contributed by atoms with van der Waals surface area (Å²) in [7, 11) is 1.42. The molecule has 0 aliphatic heterocycles. The highest BCUT2D eigenvalue weighted by Crippen LogP contribution is 2.31. The maximum absolute atomic E-state index is 12.7.